The van der Waals surface area contributed by atoms with Gasteiger partial charge >= 0.3 is 0 Å². The molecule has 0 aliphatic rings. The van der Waals surface area contributed by atoms with E-state index in [1.165, 1.54) is 0 Å². The third-order valence-electron chi connectivity index (χ3n) is 1.80. The summed E-state index contributed by atoms with van der Waals surface area (Å²) >= 11 is 0. The van der Waals surface area contributed by atoms with E-state index in [9.17, 15) is 9.21 Å². The molecule has 1 atom stereocenters. The maximum Gasteiger partial charge on any atom is 0.241 e. The molecule has 0 aliphatic heterocycles. The minimum absolute atomic E-state index is 0.256. The molecular weight excluding hydrogens is 159 g/mol. The van der Waals surface area contributed by atoms with Crippen LogP contribution >= 0.6 is 0 Å². The molecule has 0 bridgehead atoms. The van der Waals surface area contributed by atoms with Gasteiger partial charge in [-0.25, -0.2) is 0 Å². The average Bonchev–Trinajstić information content (AvgIpc) is 1.80. The first-order valence-electron chi connectivity index (χ1n) is 4.20. The van der Waals surface area contributed by atoms with Gasteiger partial charge in [0.05, 0.1) is 6.10 Å². The Morgan fingerprint density at radius 1 is 1.36 bits per heavy atom. The van der Waals surface area contributed by atoms with Gasteiger partial charge in [0.15, 0.2) is 0 Å². The summed E-state index contributed by atoms with van der Waals surface area (Å²) in [5.74, 6) is 0.256. The monoisotopic (exact) mass is 178 g/mol. The molecule has 0 spiro atoms. The van der Waals surface area contributed by atoms with Crippen molar-refractivity contribution in [2.24, 2.45) is 5.92 Å². The molecule has 0 fully saturated rings. The van der Waals surface area contributed by atoms with E-state index in [1.807, 2.05) is 13.8 Å². The summed E-state index contributed by atoms with van der Waals surface area (Å²) in [6, 6.07) is 0.576. The van der Waals surface area contributed by atoms with Crippen molar-refractivity contribution in [3.63, 3.8) is 0 Å². The minimum Gasteiger partial charge on any atom is -0.393 e. The Bertz CT molecular complexity index is 109. The van der Waals surface area contributed by atoms with E-state index in [4.69, 9.17) is 0 Å². The summed E-state index contributed by atoms with van der Waals surface area (Å²) in [5, 5.41) is 9.35. The van der Waals surface area contributed by atoms with Gasteiger partial charge in [-0.15, -0.1) is 0 Å². The number of hydrogen-bond donors (Lipinski definition) is 1. The van der Waals surface area contributed by atoms with Gasteiger partial charge in [0, 0.05) is 0 Å². The normalized spacial score (nSPS) is 15.5. The predicted octanol–water partition coefficient (Wildman–Crippen LogP) is 2.57. The third kappa shape index (κ3) is 6.50. The van der Waals surface area contributed by atoms with Crippen LogP contribution in [0.1, 0.15) is 20.3 Å². The molecule has 1 N–H and O–H groups in total. The minimum atomic E-state index is -2.43. The van der Waals surface area contributed by atoms with Gasteiger partial charge < -0.3 is 9.21 Å². The molecule has 1 nitrogen and oxygen atoms in total. The lowest BCUT2D eigenvalue weighted by molar-refractivity contribution is 0.120. The molecule has 0 aromatic heterocycles. The Balaban J connectivity index is 3.54. The lowest BCUT2D eigenvalue weighted by Crippen LogP contribution is -2.23. The second kappa shape index (κ2) is 4.21. The molecule has 68 valence electrons. The lowest BCUT2D eigenvalue weighted by Gasteiger charge is -2.17. The molecule has 0 radical (unpaired) electrons. The van der Waals surface area contributed by atoms with Crippen molar-refractivity contribution < 1.29 is 9.21 Å². The number of aliphatic hydroxyl groups excluding tert-OH is 1. The summed E-state index contributed by atoms with van der Waals surface area (Å²) in [4.78, 5) is 0. The Morgan fingerprint density at radius 2 is 1.82 bits per heavy atom. The summed E-state index contributed by atoms with van der Waals surface area (Å²) in [6.45, 7) is 7.27. The Labute approximate surface area is 69.8 Å². The van der Waals surface area contributed by atoms with Crippen LogP contribution < -0.4 is 0 Å². The number of rotatable bonds is 4. The Hall–Kier alpha value is 0.107. The zero-order chi connectivity index (χ0) is 9.07. The van der Waals surface area contributed by atoms with Crippen molar-refractivity contribution in [1.29, 1.82) is 0 Å². The van der Waals surface area contributed by atoms with E-state index >= 15 is 0 Å². The van der Waals surface area contributed by atoms with Gasteiger partial charge in [-0.05, 0) is 31.5 Å². The topological polar surface area (TPSA) is 20.2 Å². The Kier molecular flexibility index (Phi) is 4.25. The van der Waals surface area contributed by atoms with E-state index in [0.29, 0.717) is 12.5 Å². The molecule has 11 heavy (non-hydrogen) atoms. The molecule has 0 saturated heterocycles. The van der Waals surface area contributed by atoms with Crippen LogP contribution in [0.15, 0.2) is 0 Å². The van der Waals surface area contributed by atoms with Gasteiger partial charge in [-0.3, -0.25) is 0 Å². The molecule has 0 aliphatic carbocycles. The third-order valence-corrected chi connectivity index (χ3v) is 3.28. The lowest BCUT2D eigenvalue weighted by atomic mass is 10.1. The number of aliphatic hydroxyl groups is 1. The van der Waals surface area contributed by atoms with Crippen LogP contribution in [-0.2, 0) is 0 Å². The second-order valence-electron chi connectivity index (χ2n) is 4.07. The highest BCUT2D eigenvalue weighted by molar-refractivity contribution is 6.70. The molecule has 0 amide bonds. The van der Waals surface area contributed by atoms with Crippen LogP contribution in [0.25, 0.3) is 0 Å². The Morgan fingerprint density at radius 3 is 2.09 bits per heavy atom. The smallest absolute Gasteiger partial charge is 0.241 e. The van der Waals surface area contributed by atoms with Crippen molar-refractivity contribution in [3.05, 3.63) is 0 Å². The summed E-state index contributed by atoms with van der Waals surface area (Å²) < 4.78 is 13.0. The molecule has 0 heterocycles. The van der Waals surface area contributed by atoms with E-state index < -0.39 is 8.41 Å². The molecule has 0 rings (SSSR count). The van der Waals surface area contributed by atoms with Crippen LogP contribution in [0.5, 0.6) is 0 Å². The highest BCUT2D eigenvalue weighted by Gasteiger charge is 2.22. The fraction of sp³-hybridized carbons (Fsp3) is 1.00. The molecular formula is C8H19FOSi. The fourth-order valence-corrected chi connectivity index (χ4v) is 1.81. The zero-order valence-corrected chi connectivity index (χ0v) is 8.89. The molecule has 0 aromatic carbocycles. The highest BCUT2D eigenvalue weighted by Crippen LogP contribution is 2.17. The van der Waals surface area contributed by atoms with E-state index in [-0.39, 0.29) is 12.0 Å². The van der Waals surface area contributed by atoms with Crippen LogP contribution in [0.4, 0.5) is 4.11 Å². The molecule has 0 aromatic rings. The highest BCUT2D eigenvalue weighted by atomic mass is 28.4. The van der Waals surface area contributed by atoms with Gasteiger partial charge in [-0.1, -0.05) is 13.8 Å². The molecule has 3 heteroatoms. The summed E-state index contributed by atoms with van der Waals surface area (Å²) in [7, 11) is -2.43. The molecule has 1 unspecified atom stereocenters. The van der Waals surface area contributed by atoms with Crippen molar-refractivity contribution in [2.45, 2.75) is 45.5 Å². The SMILES string of the molecule is CC(C)C(O)CC[Si](C)(C)F. The second-order valence-corrected chi connectivity index (χ2v) is 8.01. The van der Waals surface area contributed by atoms with Crippen molar-refractivity contribution in [3.8, 4) is 0 Å². The number of halogens is 1. The molecule has 0 saturated carbocycles. The summed E-state index contributed by atoms with van der Waals surface area (Å²) in [6.07, 6.45) is 0.297. The van der Waals surface area contributed by atoms with Crippen LogP contribution in [0, 0.1) is 5.92 Å². The van der Waals surface area contributed by atoms with E-state index in [2.05, 4.69) is 0 Å². The van der Waals surface area contributed by atoms with Crippen LogP contribution in [-0.4, -0.2) is 19.6 Å². The first kappa shape index (κ1) is 11.1. The largest absolute Gasteiger partial charge is 0.393 e. The standard InChI is InChI=1S/C8H19FOSi/c1-7(2)8(10)5-6-11(3,4)9/h7-8,10H,5-6H2,1-4H3. The van der Waals surface area contributed by atoms with Crippen LogP contribution in [0.2, 0.25) is 19.1 Å². The van der Waals surface area contributed by atoms with Crippen molar-refractivity contribution >= 4 is 8.41 Å². The predicted molar refractivity (Wildman–Crippen MR) is 48.9 cm³/mol. The van der Waals surface area contributed by atoms with E-state index in [0.717, 1.165) is 0 Å². The maximum atomic E-state index is 13.0. The maximum absolute atomic E-state index is 13.0. The van der Waals surface area contributed by atoms with Gasteiger partial charge in [0.2, 0.25) is 8.41 Å². The van der Waals surface area contributed by atoms with Crippen molar-refractivity contribution in [1.82, 2.24) is 0 Å². The van der Waals surface area contributed by atoms with E-state index in [1.54, 1.807) is 13.1 Å². The first-order valence-corrected chi connectivity index (χ1v) is 7.28. The fourth-order valence-electron chi connectivity index (χ4n) is 0.824. The average molecular weight is 178 g/mol. The van der Waals surface area contributed by atoms with Gasteiger partial charge in [0.1, 0.15) is 0 Å². The zero-order valence-electron chi connectivity index (χ0n) is 7.89. The van der Waals surface area contributed by atoms with Gasteiger partial charge in [0.25, 0.3) is 0 Å². The first-order chi connectivity index (χ1) is 4.83. The van der Waals surface area contributed by atoms with Gasteiger partial charge in [-0.2, -0.15) is 0 Å². The summed E-state index contributed by atoms with van der Waals surface area (Å²) in [5.41, 5.74) is 0. The number of hydrogen-bond acceptors (Lipinski definition) is 1. The van der Waals surface area contributed by atoms with Crippen LogP contribution in [0.3, 0.4) is 0 Å². The quantitative estimate of drug-likeness (QED) is 0.518. The van der Waals surface area contributed by atoms with Crippen molar-refractivity contribution in [2.75, 3.05) is 0 Å².